The summed E-state index contributed by atoms with van der Waals surface area (Å²) >= 11 is 3.13. The Morgan fingerprint density at radius 2 is 2.05 bits per heavy atom. The molecule has 0 saturated carbocycles. The largest absolute Gasteiger partial charge is 0.337 e. The van der Waals surface area contributed by atoms with Crippen LogP contribution in [-0.4, -0.2) is 11.6 Å². The highest BCUT2D eigenvalue weighted by Gasteiger charge is 2.23. The van der Waals surface area contributed by atoms with Crippen LogP contribution in [0.15, 0.2) is 34.0 Å². The molecule has 0 bridgehead atoms. The van der Waals surface area contributed by atoms with Gasteiger partial charge in [0.25, 0.3) is 5.56 Å². The van der Waals surface area contributed by atoms with Crippen molar-refractivity contribution in [1.82, 2.24) is 4.57 Å². The monoisotopic (exact) mass is 290 g/mol. The van der Waals surface area contributed by atoms with Gasteiger partial charge < -0.3 is 4.90 Å². The van der Waals surface area contributed by atoms with E-state index in [0.29, 0.717) is 6.54 Å². The average molecular weight is 290 g/mol. The van der Waals surface area contributed by atoms with E-state index >= 15 is 0 Å². The first-order valence-corrected chi connectivity index (χ1v) is 7.70. The number of aromatic nitrogens is 1. The lowest BCUT2D eigenvalue weighted by Gasteiger charge is -2.11. The maximum Gasteiger partial charge on any atom is 0.271 e. The topological polar surface area (TPSA) is 25.2 Å². The van der Waals surface area contributed by atoms with Crippen molar-refractivity contribution in [1.29, 1.82) is 0 Å². The number of benzene rings is 1. The fourth-order valence-electron chi connectivity index (χ4n) is 2.21. The minimum absolute atomic E-state index is 0.0691. The molecule has 1 aromatic heterocycles. The summed E-state index contributed by atoms with van der Waals surface area (Å²) in [7, 11) is 2.01. The summed E-state index contributed by atoms with van der Waals surface area (Å²) in [5.41, 5.74) is 1.23. The van der Waals surface area contributed by atoms with Gasteiger partial charge in [-0.3, -0.25) is 9.36 Å². The molecule has 19 heavy (non-hydrogen) atoms. The summed E-state index contributed by atoms with van der Waals surface area (Å²) in [6, 6.07) is 8.20. The zero-order valence-electron chi connectivity index (χ0n) is 10.8. The van der Waals surface area contributed by atoms with E-state index in [1.165, 1.54) is 16.2 Å². The summed E-state index contributed by atoms with van der Waals surface area (Å²) in [6.07, 6.45) is 0. The molecule has 0 unspecified atom stereocenters. The van der Waals surface area contributed by atoms with E-state index < -0.39 is 0 Å². The Bertz CT molecular complexity index is 804. The minimum atomic E-state index is 0.0691. The third-order valence-electron chi connectivity index (χ3n) is 3.21. The van der Waals surface area contributed by atoms with Gasteiger partial charge in [0.1, 0.15) is 9.56 Å². The zero-order valence-corrected chi connectivity index (χ0v) is 12.5. The van der Waals surface area contributed by atoms with E-state index in [1.54, 1.807) is 16.3 Å². The van der Waals surface area contributed by atoms with Gasteiger partial charge >= 0.3 is 0 Å². The summed E-state index contributed by atoms with van der Waals surface area (Å²) < 4.78 is 3.33. The number of thioether (sulfide) groups is 1. The number of hydrogen-bond acceptors (Lipinski definition) is 4. The molecule has 1 aliphatic heterocycles. The van der Waals surface area contributed by atoms with E-state index in [-0.39, 0.29) is 5.56 Å². The highest BCUT2D eigenvalue weighted by atomic mass is 32.2. The Labute approximate surface area is 119 Å². The van der Waals surface area contributed by atoms with Crippen molar-refractivity contribution >= 4 is 40.4 Å². The minimum Gasteiger partial charge on any atom is -0.337 e. The van der Waals surface area contributed by atoms with E-state index in [4.69, 9.17) is 0 Å². The fraction of sp³-hybridized carbons (Fsp3) is 0.214. The number of fused-ring (bicyclic) bond motifs is 1. The SMILES string of the molecule is C=c1s/c(=C2\Sc3ccccc3N2C)c(=O)n1CC. The maximum absolute atomic E-state index is 12.4. The molecule has 0 saturated heterocycles. The fourth-order valence-corrected chi connectivity index (χ4v) is 4.52. The molecule has 0 aliphatic carbocycles. The van der Waals surface area contributed by atoms with Crippen LogP contribution in [0, 0.1) is 0 Å². The van der Waals surface area contributed by atoms with Crippen molar-refractivity contribution in [2.45, 2.75) is 18.4 Å². The Kier molecular flexibility index (Phi) is 3.03. The van der Waals surface area contributed by atoms with Crippen molar-refractivity contribution in [3.05, 3.63) is 43.8 Å². The lowest BCUT2D eigenvalue weighted by Crippen LogP contribution is -2.33. The molecule has 0 N–H and O–H groups in total. The van der Waals surface area contributed by atoms with Crippen molar-refractivity contribution in [3.63, 3.8) is 0 Å². The first-order valence-electron chi connectivity index (χ1n) is 6.07. The normalized spacial score (nSPS) is 16.8. The van der Waals surface area contributed by atoms with Crippen LogP contribution < -0.4 is 19.7 Å². The molecule has 5 heteroatoms. The highest BCUT2D eigenvalue weighted by Crippen LogP contribution is 2.44. The Balaban J connectivity index is 2.28. The summed E-state index contributed by atoms with van der Waals surface area (Å²) in [6.45, 7) is 6.60. The van der Waals surface area contributed by atoms with Crippen LogP contribution in [0.2, 0.25) is 0 Å². The Hall–Kier alpha value is -1.46. The van der Waals surface area contributed by atoms with E-state index in [0.717, 1.165) is 19.9 Å². The molecule has 3 rings (SSSR count). The molecule has 3 nitrogen and oxygen atoms in total. The first-order chi connectivity index (χ1) is 9.13. The quantitative estimate of drug-likeness (QED) is 0.798. The van der Waals surface area contributed by atoms with Gasteiger partial charge in [0.05, 0.1) is 10.4 Å². The van der Waals surface area contributed by atoms with Gasteiger partial charge in [0, 0.05) is 18.5 Å². The molecular formula is C14H14N2OS2. The van der Waals surface area contributed by atoms with Gasteiger partial charge in [-0.2, -0.15) is 0 Å². The van der Waals surface area contributed by atoms with Crippen molar-refractivity contribution in [2.75, 3.05) is 11.9 Å². The van der Waals surface area contributed by atoms with Crippen LogP contribution >= 0.6 is 23.1 Å². The first kappa shape index (κ1) is 12.6. The Morgan fingerprint density at radius 1 is 1.32 bits per heavy atom. The van der Waals surface area contributed by atoms with E-state index in [9.17, 15) is 4.79 Å². The molecule has 1 aliphatic rings. The lowest BCUT2D eigenvalue weighted by molar-refractivity contribution is 0.724. The van der Waals surface area contributed by atoms with Gasteiger partial charge in [-0.25, -0.2) is 0 Å². The second kappa shape index (κ2) is 4.58. The van der Waals surface area contributed by atoms with Gasteiger partial charge in [-0.05, 0) is 19.1 Å². The summed E-state index contributed by atoms with van der Waals surface area (Å²) in [4.78, 5) is 15.7. The molecule has 0 atom stereocenters. The van der Waals surface area contributed by atoms with Gasteiger partial charge in [0.2, 0.25) is 0 Å². The van der Waals surface area contributed by atoms with Crippen LogP contribution in [0.5, 0.6) is 0 Å². The molecule has 1 aromatic carbocycles. The number of rotatable bonds is 1. The third kappa shape index (κ3) is 1.84. The van der Waals surface area contributed by atoms with Gasteiger partial charge in [-0.1, -0.05) is 30.5 Å². The predicted molar refractivity (Wildman–Crippen MR) is 83.1 cm³/mol. The molecule has 2 aromatic rings. The molecule has 0 spiro atoms. The zero-order chi connectivity index (χ0) is 13.6. The number of hydrogen-bond donors (Lipinski definition) is 0. The smallest absolute Gasteiger partial charge is 0.271 e. The van der Waals surface area contributed by atoms with Crippen molar-refractivity contribution < 1.29 is 0 Å². The predicted octanol–water partition coefficient (Wildman–Crippen LogP) is 1.65. The number of nitrogens with zero attached hydrogens (tertiary/aromatic N) is 2. The van der Waals surface area contributed by atoms with E-state index in [1.807, 2.05) is 26.1 Å². The van der Waals surface area contributed by atoms with Gasteiger partial charge in [-0.15, -0.1) is 11.3 Å². The van der Waals surface area contributed by atoms with Crippen LogP contribution in [0.4, 0.5) is 5.69 Å². The second-order valence-electron chi connectivity index (χ2n) is 4.31. The molecule has 0 amide bonds. The second-order valence-corrected chi connectivity index (χ2v) is 6.42. The van der Waals surface area contributed by atoms with Crippen LogP contribution in [0.1, 0.15) is 6.92 Å². The third-order valence-corrected chi connectivity index (χ3v) is 5.60. The molecular weight excluding hydrogens is 276 g/mol. The maximum atomic E-state index is 12.4. The van der Waals surface area contributed by atoms with E-state index in [2.05, 4.69) is 23.6 Å². The summed E-state index contributed by atoms with van der Waals surface area (Å²) in [5, 5.41) is 1.01. The van der Waals surface area contributed by atoms with Gasteiger partial charge in [0.15, 0.2) is 0 Å². The lowest BCUT2D eigenvalue weighted by atomic mass is 10.3. The van der Waals surface area contributed by atoms with Crippen molar-refractivity contribution in [3.8, 4) is 0 Å². The molecule has 2 heterocycles. The van der Waals surface area contributed by atoms with Crippen molar-refractivity contribution in [2.24, 2.45) is 0 Å². The van der Waals surface area contributed by atoms with Crippen LogP contribution in [-0.2, 0) is 6.54 Å². The Morgan fingerprint density at radius 3 is 2.68 bits per heavy atom. The average Bonchev–Trinajstić information content (AvgIpc) is 2.88. The summed E-state index contributed by atoms with van der Waals surface area (Å²) in [5.74, 6) is 0. The molecule has 0 fully saturated rings. The number of para-hydroxylation sites is 1. The van der Waals surface area contributed by atoms with Crippen LogP contribution in [0.25, 0.3) is 11.6 Å². The standard InChI is InChI=1S/C14H14N2OS2/c1-4-16-9(2)18-12(13(16)17)14-15(3)10-7-5-6-8-11(10)19-14/h5-8H,2,4H2,1,3H3/b14-12-. The highest BCUT2D eigenvalue weighted by molar-refractivity contribution is 8.08. The molecule has 98 valence electrons. The molecule has 0 radical (unpaired) electrons. The number of anilines is 1. The number of thiazole rings is 1. The van der Waals surface area contributed by atoms with Crippen LogP contribution in [0.3, 0.4) is 0 Å².